The van der Waals surface area contributed by atoms with Crippen LogP contribution < -0.4 is 10.6 Å². The van der Waals surface area contributed by atoms with Gasteiger partial charge in [-0.05, 0) is 37.6 Å². The van der Waals surface area contributed by atoms with Crippen LogP contribution in [0.15, 0.2) is 23.7 Å². The largest absolute Gasteiger partial charge is 0.369 e. The average Bonchev–Trinajstić information content (AvgIpc) is 2.77. The highest BCUT2D eigenvalue weighted by molar-refractivity contribution is 7.09. The number of hydrogen-bond acceptors (Lipinski definition) is 4. The van der Waals surface area contributed by atoms with E-state index < -0.39 is 0 Å². The standard InChI is InChI=1S/C14H18ClN3S/c1-10-14(19-9-17-10)8-18(2)13-7-12(15)4-3-11(13)5-6-16/h3-4,7,9H,5-6,8,16H2,1-2H3. The summed E-state index contributed by atoms with van der Waals surface area (Å²) in [6, 6.07) is 5.98. The van der Waals surface area contributed by atoms with Gasteiger partial charge in [0, 0.05) is 22.6 Å². The van der Waals surface area contributed by atoms with Crippen molar-refractivity contribution >= 4 is 28.6 Å². The first-order chi connectivity index (χ1) is 9.11. The summed E-state index contributed by atoms with van der Waals surface area (Å²) in [7, 11) is 2.07. The molecule has 0 radical (unpaired) electrons. The fourth-order valence-electron chi connectivity index (χ4n) is 2.04. The molecule has 0 aliphatic rings. The van der Waals surface area contributed by atoms with Gasteiger partial charge < -0.3 is 10.6 Å². The molecule has 0 bridgehead atoms. The van der Waals surface area contributed by atoms with Crippen molar-refractivity contribution < 1.29 is 0 Å². The second-order valence-electron chi connectivity index (χ2n) is 4.53. The molecule has 0 fully saturated rings. The quantitative estimate of drug-likeness (QED) is 0.921. The normalized spacial score (nSPS) is 10.7. The lowest BCUT2D eigenvalue weighted by molar-refractivity contribution is 0.895. The zero-order valence-corrected chi connectivity index (χ0v) is 12.8. The summed E-state index contributed by atoms with van der Waals surface area (Å²) in [5.41, 5.74) is 11.0. The van der Waals surface area contributed by atoms with Gasteiger partial charge in [0.15, 0.2) is 0 Å². The van der Waals surface area contributed by atoms with Crippen LogP contribution in [0.4, 0.5) is 5.69 Å². The average molecular weight is 296 g/mol. The Morgan fingerprint density at radius 2 is 2.21 bits per heavy atom. The van der Waals surface area contributed by atoms with Gasteiger partial charge in [-0.2, -0.15) is 0 Å². The van der Waals surface area contributed by atoms with Gasteiger partial charge in [-0.15, -0.1) is 11.3 Å². The lowest BCUT2D eigenvalue weighted by Crippen LogP contribution is -2.19. The monoisotopic (exact) mass is 295 g/mol. The second-order valence-corrected chi connectivity index (χ2v) is 5.90. The number of aryl methyl sites for hydroxylation is 1. The highest BCUT2D eigenvalue weighted by Crippen LogP contribution is 2.27. The zero-order chi connectivity index (χ0) is 13.8. The van der Waals surface area contributed by atoms with Gasteiger partial charge in [-0.25, -0.2) is 4.98 Å². The van der Waals surface area contributed by atoms with E-state index in [9.17, 15) is 0 Å². The smallest absolute Gasteiger partial charge is 0.0798 e. The molecule has 0 amide bonds. The van der Waals surface area contributed by atoms with E-state index in [1.165, 1.54) is 10.4 Å². The van der Waals surface area contributed by atoms with Crippen LogP contribution in [-0.4, -0.2) is 18.6 Å². The minimum absolute atomic E-state index is 0.641. The van der Waals surface area contributed by atoms with E-state index in [4.69, 9.17) is 17.3 Å². The molecule has 2 N–H and O–H groups in total. The van der Waals surface area contributed by atoms with Gasteiger partial charge in [-0.1, -0.05) is 17.7 Å². The first-order valence-corrected chi connectivity index (χ1v) is 7.46. The van der Waals surface area contributed by atoms with Gasteiger partial charge in [0.2, 0.25) is 0 Å². The molecule has 5 heteroatoms. The first-order valence-electron chi connectivity index (χ1n) is 6.20. The second kappa shape index (κ2) is 6.37. The Labute approximate surface area is 123 Å². The van der Waals surface area contributed by atoms with Gasteiger partial charge in [-0.3, -0.25) is 0 Å². The van der Waals surface area contributed by atoms with Gasteiger partial charge in [0.05, 0.1) is 17.7 Å². The zero-order valence-electron chi connectivity index (χ0n) is 11.2. The molecule has 2 rings (SSSR count). The molecule has 0 unspecified atom stereocenters. The molecule has 102 valence electrons. The Morgan fingerprint density at radius 3 is 2.84 bits per heavy atom. The molecule has 0 spiro atoms. The molecular weight excluding hydrogens is 278 g/mol. The Hall–Kier alpha value is -1.10. The van der Waals surface area contributed by atoms with Crippen molar-refractivity contribution in [2.75, 3.05) is 18.5 Å². The molecule has 3 nitrogen and oxygen atoms in total. The minimum Gasteiger partial charge on any atom is -0.369 e. The fourth-order valence-corrected chi connectivity index (χ4v) is 3.03. The van der Waals surface area contributed by atoms with Crippen molar-refractivity contribution in [1.82, 2.24) is 4.98 Å². The first kappa shape index (κ1) is 14.3. The third-order valence-corrected chi connectivity index (χ3v) is 4.25. The third-order valence-electron chi connectivity index (χ3n) is 3.10. The van der Waals surface area contributed by atoms with Crippen molar-refractivity contribution in [3.8, 4) is 0 Å². The third kappa shape index (κ3) is 3.47. The van der Waals surface area contributed by atoms with E-state index in [0.717, 1.165) is 29.4 Å². The summed E-state index contributed by atoms with van der Waals surface area (Å²) in [4.78, 5) is 7.77. The maximum atomic E-state index is 6.11. The topological polar surface area (TPSA) is 42.2 Å². The molecule has 0 aliphatic heterocycles. The molecule has 1 aromatic heterocycles. The summed E-state index contributed by atoms with van der Waals surface area (Å²) >= 11 is 7.79. The molecule has 0 saturated heterocycles. The number of thiazole rings is 1. The van der Waals surface area contributed by atoms with E-state index in [2.05, 4.69) is 23.0 Å². The molecule has 1 heterocycles. The van der Waals surface area contributed by atoms with E-state index in [-0.39, 0.29) is 0 Å². The predicted molar refractivity (Wildman–Crippen MR) is 83.2 cm³/mol. The van der Waals surface area contributed by atoms with Gasteiger partial charge in [0.1, 0.15) is 0 Å². The number of hydrogen-bond donors (Lipinski definition) is 1. The maximum absolute atomic E-state index is 6.11. The minimum atomic E-state index is 0.641. The van der Waals surface area contributed by atoms with E-state index in [0.29, 0.717) is 6.54 Å². The van der Waals surface area contributed by atoms with Crippen molar-refractivity contribution in [3.63, 3.8) is 0 Å². The lowest BCUT2D eigenvalue weighted by atomic mass is 10.1. The highest BCUT2D eigenvalue weighted by Gasteiger charge is 2.11. The Balaban J connectivity index is 2.24. The SMILES string of the molecule is Cc1ncsc1CN(C)c1cc(Cl)ccc1CCN. The Kier molecular flexibility index (Phi) is 4.80. The van der Waals surface area contributed by atoms with Crippen LogP contribution in [0.3, 0.4) is 0 Å². The van der Waals surface area contributed by atoms with Crippen molar-refractivity contribution in [2.45, 2.75) is 19.9 Å². The van der Waals surface area contributed by atoms with Crippen LogP contribution in [0.2, 0.25) is 5.02 Å². The summed E-state index contributed by atoms with van der Waals surface area (Å²) in [6.07, 6.45) is 0.860. The molecule has 0 aliphatic carbocycles. The van der Waals surface area contributed by atoms with E-state index in [1.807, 2.05) is 24.6 Å². The summed E-state index contributed by atoms with van der Waals surface area (Å²) in [5, 5.41) is 0.753. The predicted octanol–water partition coefficient (Wildman–Crippen LogP) is 3.24. The van der Waals surface area contributed by atoms with Gasteiger partial charge in [0.25, 0.3) is 0 Å². The summed E-state index contributed by atoms with van der Waals surface area (Å²) in [5.74, 6) is 0. The molecule has 19 heavy (non-hydrogen) atoms. The van der Waals surface area contributed by atoms with E-state index in [1.54, 1.807) is 11.3 Å². The van der Waals surface area contributed by atoms with E-state index >= 15 is 0 Å². The number of anilines is 1. The Morgan fingerprint density at radius 1 is 1.42 bits per heavy atom. The summed E-state index contributed by atoms with van der Waals surface area (Å²) < 4.78 is 0. The number of aromatic nitrogens is 1. The van der Waals surface area contributed by atoms with Crippen LogP contribution in [0, 0.1) is 6.92 Å². The highest BCUT2D eigenvalue weighted by atomic mass is 35.5. The van der Waals surface area contributed by atoms with Crippen LogP contribution in [0.25, 0.3) is 0 Å². The maximum Gasteiger partial charge on any atom is 0.0798 e. The number of rotatable bonds is 5. The number of nitrogens with zero attached hydrogens (tertiary/aromatic N) is 2. The van der Waals surface area contributed by atoms with Crippen LogP contribution in [-0.2, 0) is 13.0 Å². The number of halogens is 1. The fraction of sp³-hybridized carbons (Fsp3) is 0.357. The van der Waals surface area contributed by atoms with Crippen molar-refractivity contribution in [1.29, 1.82) is 0 Å². The molecule has 0 atom stereocenters. The molecule has 2 aromatic rings. The lowest BCUT2D eigenvalue weighted by Gasteiger charge is -2.22. The molecular formula is C14H18ClN3S. The van der Waals surface area contributed by atoms with Crippen LogP contribution in [0.5, 0.6) is 0 Å². The van der Waals surface area contributed by atoms with Crippen molar-refractivity contribution in [3.05, 3.63) is 44.9 Å². The van der Waals surface area contributed by atoms with Crippen LogP contribution in [0.1, 0.15) is 16.1 Å². The van der Waals surface area contributed by atoms with Crippen LogP contribution >= 0.6 is 22.9 Å². The summed E-state index contributed by atoms with van der Waals surface area (Å²) in [6.45, 7) is 3.52. The molecule has 1 aromatic carbocycles. The van der Waals surface area contributed by atoms with Crippen molar-refractivity contribution in [2.24, 2.45) is 5.73 Å². The molecule has 0 saturated carbocycles. The number of benzene rings is 1. The number of nitrogens with two attached hydrogens (primary N) is 1. The Bertz CT molecular complexity index is 553. The van der Waals surface area contributed by atoms with Gasteiger partial charge >= 0.3 is 0 Å².